The molecule has 1 unspecified atom stereocenters. The fourth-order valence-corrected chi connectivity index (χ4v) is 4.01. The van der Waals surface area contributed by atoms with Gasteiger partial charge in [0.25, 0.3) is 11.7 Å². The van der Waals surface area contributed by atoms with Crippen LogP contribution in [0.3, 0.4) is 0 Å². The zero-order valence-corrected chi connectivity index (χ0v) is 19.1. The summed E-state index contributed by atoms with van der Waals surface area (Å²) >= 11 is 6.17. The number of carbonyl (C=O) groups excluding carboxylic acids is 2. The molecule has 0 aliphatic carbocycles. The average Bonchev–Trinajstić information content (AvgIpc) is 3.00. The average molecular weight is 442 g/mol. The minimum absolute atomic E-state index is 0.0838. The fraction of sp³-hybridized carbons (Fsp3) is 0.360. The van der Waals surface area contributed by atoms with Gasteiger partial charge in [-0.3, -0.25) is 9.59 Å². The summed E-state index contributed by atoms with van der Waals surface area (Å²) in [6.45, 7) is 8.82. The van der Waals surface area contributed by atoms with Crippen molar-refractivity contribution in [3.05, 3.63) is 69.8 Å². The molecular formula is C25H28ClNO4. The summed E-state index contributed by atoms with van der Waals surface area (Å²) in [5.41, 5.74) is 2.42. The lowest BCUT2D eigenvalue weighted by Gasteiger charge is -2.25. The van der Waals surface area contributed by atoms with Gasteiger partial charge in [-0.1, -0.05) is 56.6 Å². The van der Waals surface area contributed by atoms with E-state index >= 15 is 0 Å². The van der Waals surface area contributed by atoms with E-state index in [9.17, 15) is 14.7 Å². The summed E-state index contributed by atoms with van der Waals surface area (Å²) in [6, 6.07) is 12.0. The molecule has 2 aromatic rings. The highest BCUT2D eigenvalue weighted by Gasteiger charge is 2.45. The summed E-state index contributed by atoms with van der Waals surface area (Å²) in [6.07, 6.45) is 0.697. The molecule has 1 saturated heterocycles. The van der Waals surface area contributed by atoms with Crippen LogP contribution < -0.4 is 4.74 Å². The summed E-state index contributed by atoms with van der Waals surface area (Å²) in [5, 5.41) is 11.5. The molecule has 31 heavy (non-hydrogen) atoms. The molecule has 0 radical (unpaired) electrons. The van der Waals surface area contributed by atoms with Crippen LogP contribution in [0.25, 0.3) is 5.76 Å². The monoisotopic (exact) mass is 441 g/mol. The molecular weight excluding hydrogens is 414 g/mol. The van der Waals surface area contributed by atoms with Gasteiger partial charge in [0.05, 0.1) is 23.2 Å². The molecule has 1 fully saturated rings. The van der Waals surface area contributed by atoms with Crippen LogP contribution in [0, 0.1) is 0 Å². The fourth-order valence-electron chi connectivity index (χ4n) is 3.83. The number of rotatable bonds is 7. The summed E-state index contributed by atoms with van der Waals surface area (Å²) in [5.74, 6) is -0.736. The minimum Gasteiger partial charge on any atom is -0.507 e. The number of halogens is 1. The van der Waals surface area contributed by atoms with Gasteiger partial charge in [-0.25, -0.2) is 0 Å². The number of ketones is 1. The molecule has 0 bridgehead atoms. The number of likely N-dealkylation sites (tertiary alicyclic amines) is 1. The van der Waals surface area contributed by atoms with Crippen LogP contribution in [0.1, 0.15) is 62.8 Å². The van der Waals surface area contributed by atoms with Crippen molar-refractivity contribution >= 4 is 29.1 Å². The first-order valence-corrected chi connectivity index (χ1v) is 11.0. The van der Waals surface area contributed by atoms with E-state index in [1.807, 2.05) is 38.1 Å². The zero-order chi connectivity index (χ0) is 22.7. The predicted molar refractivity (Wildman–Crippen MR) is 122 cm³/mol. The largest absolute Gasteiger partial charge is 0.507 e. The van der Waals surface area contributed by atoms with Gasteiger partial charge in [0, 0.05) is 12.1 Å². The van der Waals surface area contributed by atoms with E-state index < -0.39 is 17.7 Å². The Morgan fingerprint density at radius 1 is 1.13 bits per heavy atom. The van der Waals surface area contributed by atoms with E-state index in [1.165, 1.54) is 4.90 Å². The van der Waals surface area contributed by atoms with Crippen molar-refractivity contribution in [1.82, 2.24) is 4.90 Å². The van der Waals surface area contributed by atoms with Gasteiger partial charge in [0.15, 0.2) is 0 Å². The number of hydrogen-bond donors (Lipinski definition) is 1. The van der Waals surface area contributed by atoms with Crippen LogP contribution >= 0.6 is 11.6 Å². The van der Waals surface area contributed by atoms with Crippen molar-refractivity contribution < 1.29 is 19.4 Å². The second kappa shape index (κ2) is 9.56. The Labute approximate surface area is 188 Å². The molecule has 0 saturated carbocycles. The molecule has 5 nitrogen and oxygen atoms in total. The number of nitrogens with zero attached hydrogens (tertiary/aromatic N) is 1. The van der Waals surface area contributed by atoms with Crippen LogP contribution in [0.4, 0.5) is 0 Å². The molecule has 1 aliphatic rings. The van der Waals surface area contributed by atoms with E-state index in [4.69, 9.17) is 16.3 Å². The van der Waals surface area contributed by atoms with Gasteiger partial charge in [0.1, 0.15) is 11.5 Å². The van der Waals surface area contributed by atoms with E-state index in [-0.39, 0.29) is 11.3 Å². The molecule has 164 valence electrons. The molecule has 1 heterocycles. The van der Waals surface area contributed by atoms with Crippen molar-refractivity contribution in [2.24, 2.45) is 0 Å². The number of aliphatic hydroxyl groups excluding tert-OH is 1. The number of aliphatic hydroxyl groups is 1. The highest BCUT2D eigenvalue weighted by Crippen LogP contribution is 2.40. The van der Waals surface area contributed by atoms with Crippen molar-refractivity contribution in [2.45, 2.75) is 46.1 Å². The Morgan fingerprint density at radius 3 is 2.39 bits per heavy atom. The Kier molecular flexibility index (Phi) is 7.06. The van der Waals surface area contributed by atoms with Gasteiger partial charge in [-0.05, 0) is 48.6 Å². The maximum Gasteiger partial charge on any atom is 0.295 e. The SMILES string of the molecule is CCCN1C(=O)C(=O)/C(=C(\O)c2ccc(Cl)c(OCC)c2)C1c1ccc(C(C)C)cc1. The van der Waals surface area contributed by atoms with Crippen LogP contribution in [0.2, 0.25) is 5.02 Å². The quantitative estimate of drug-likeness (QED) is 0.340. The highest BCUT2D eigenvalue weighted by molar-refractivity contribution is 6.46. The lowest BCUT2D eigenvalue weighted by Crippen LogP contribution is -2.30. The third kappa shape index (κ3) is 4.47. The molecule has 1 N–H and O–H groups in total. The van der Waals surface area contributed by atoms with Crippen LogP contribution in [-0.4, -0.2) is 34.8 Å². The van der Waals surface area contributed by atoms with Crippen molar-refractivity contribution in [3.63, 3.8) is 0 Å². The normalized spacial score (nSPS) is 18.1. The smallest absolute Gasteiger partial charge is 0.295 e. The van der Waals surface area contributed by atoms with E-state index in [0.717, 1.165) is 11.1 Å². The van der Waals surface area contributed by atoms with Crippen LogP contribution in [0.15, 0.2) is 48.0 Å². The number of Topliss-reactive ketones (excluding diaryl/α,β-unsaturated/α-hetero) is 1. The van der Waals surface area contributed by atoms with Gasteiger partial charge in [0.2, 0.25) is 0 Å². The summed E-state index contributed by atoms with van der Waals surface area (Å²) in [7, 11) is 0. The zero-order valence-electron chi connectivity index (χ0n) is 18.3. The second-order valence-electron chi connectivity index (χ2n) is 7.89. The first-order chi connectivity index (χ1) is 14.8. The highest BCUT2D eigenvalue weighted by atomic mass is 35.5. The Morgan fingerprint density at radius 2 is 1.81 bits per heavy atom. The number of amides is 1. The second-order valence-corrected chi connectivity index (χ2v) is 8.30. The maximum absolute atomic E-state index is 13.0. The maximum atomic E-state index is 13.0. The molecule has 3 rings (SSSR count). The topological polar surface area (TPSA) is 66.8 Å². The van der Waals surface area contributed by atoms with E-state index in [0.29, 0.717) is 41.8 Å². The number of hydrogen-bond acceptors (Lipinski definition) is 4. The standard InChI is InChI=1S/C25H28ClNO4/c1-5-13-27-22(17-9-7-16(8-10-17)15(3)4)21(24(29)25(27)30)23(28)18-11-12-19(26)20(14-18)31-6-2/h7-12,14-15,22,28H,5-6,13H2,1-4H3/b23-21-. The summed E-state index contributed by atoms with van der Waals surface area (Å²) < 4.78 is 5.52. The third-order valence-corrected chi connectivity index (χ3v) is 5.74. The molecule has 1 amide bonds. The van der Waals surface area contributed by atoms with Gasteiger partial charge < -0.3 is 14.7 Å². The number of benzene rings is 2. The van der Waals surface area contributed by atoms with E-state index in [2.05, 4.69) is 13.8 Å². The third-order valence-electron chi connectivity index (χ3n) is 5.43. The lowest BCUT2D eigenvalue weighted by atomic mass is 9.93. The minimum atomic E-state index is -0.684. The molecule has 0 aromatic heterocycles. The molecule has 1 atom stereocenters. The molecule has 0 spiro atoms. The Balaban J connectivity index is 2.15. The molecule has 1 aliphatic heterocycles. The van der Waals surface area contributed by atoms with Gasteiger partial charge in [-0.15, -0.1) is 0 Å². The predicted octanol–water partition coefficient (Wildman–Crippen LogP) is 5.69. The first-order valence-electron chi connectivity index (χ1n) is 10.6. The first kappa shape index (κ1) is 22.9. The number of ether oxygens (including phenoxy) is 1. The van der Waals surface area contributed by atoms with Crippen molar-refractivity contribution in [3.8, 4) is 5.75 Å². The Hall–Kier alpha value is -2.79. The van der Waals surface area contributed by atoms with Gasteiger partial charge >= 0.3 is 0 Å². The molecule has 2 aromatic carbocycles. The molecule has 6 heteroatoms. The Bertz CT molecular complexity index is 1010. The van der Waals surface area contributed by atoms with Gasteiger partial charge in [-0.2, -0.15) is 0 Å². The van der Waals surface area contributed by atoms with Crippen molar-refractivity contribution in [2.75, 3.05) is 13.2 Å². The summed E-state index contributed by atoms with van der Waals surface area (Å²) in [4.78, 5) is 27.3. The van der Waals surface area contributed by atoms with Crippen LogP contribution in [-0.2, 0) is 9.59 Å². The number of carbonyl (C=O) groups is 2. The van der Waals surface area contributed by atoms with Crippen LogP contribution in [0.5, 0.6) is 5.75 Å². The van der Waals surface area contributed by atoms with E-state index in [1.54, 1.807) is 18.2 Å². The van der Waals surface area contributed by atoms with Crippen molar-refractivity contribution in [1.29, 1.82) is 0 Å². The lowest BCUT2D eigenvalue weighted by molar-refractivity contribution is -0.139.